The molecule has 33 heavy (non-hydrogen) atoms. The highest BCUT2D eigenvalue weighted by Gasteiger charge is 2.25. The lowest BCUT2D eigenvalue weighted by atomic mass is 10.0. The zero-order chi connectivity index (χ0) is 24.4. The number of nitrogens with zero attached hydrogens (tertiary/aromatic N) is 1. The molecule has 0 spiro atoms. The van der Waals surface area contributed by atoms with Gasteiger partial charge in [-0.05, 0) is 48.3 Å². The van der Waals surface area contributed by atoms with Crippen LogP contribution in [-0.4, -0.2) is 70.1 Å². The Morgan fingerprint density at radius 3 is 2.64 bits per heavy atom. The fraction of sp³-hybridized carbons (Fsp3) is 0.625. The maximum Gasteiger partial charge on any atom is 0.410 e. The van der Waals surface area contributed by atoms with Crippen LogP contribution >= 0.6 is 15.9 Å². The van der Waals surface area contributed by atoms with Gasteiger partial charge in [0, 0.05) is 33.5 Å². The number of rotatable bonds is 11. The summed E-state index contributed by atoms with van der Waals surface area (Å²) in [6.45, 7) is 7.10. The average molecular weight is 530 g/mol. The minimum absolute atomic E-state index is 0.0944. The zero-order valence-electron chi connectivity index (χ0n) is 20.4. The molecule has 0 heterocycles. The lowest BCUT2D eigenvalue weighted by molar-refractivity contribution is -0.0933. The standard InChI is InChI=1S/C24H36BrNO7/c1-24(2,3)33-23(27)26(4)15-17-10-11-20(29-6)22(21(17)25)32-19-9-7-8-18(14-19)31-16-30-13-12-28-5/h7-8,10-11,18-19H,9,12-16H2,1-6H3/t18-,19+/m0/s1. The van der Waals surface area contributed by atoms with Crippen LogP contribution in [0, 0.1) is 0 Å². The van der Waals surface area contributed by atoms with Gasteiger partial charge < -0.3 is 33.3 Å². The van der Waals surface area contributed by atoms with Crippen LogP contribution < -0.4 is 9.47 Å². The van der Waals surface area contributed by atoms with Gasteiger partial charge in [0.05, 0.1) is 30.9 Å². The third-order valence-electron chi connectivity index (χ3n) is 4.80. The second-order valence-corrected chi connectivity index (χ2v) is 9.56. The van der Waals surface area contributed by atoms with Crippen LogP contribution in [0.5, 0.6) is 11.5 Å². The van der Waals surface area contributed by atoms with Crippen LogP contribution in [0.25, 0.3) is 0 Å². The number of ether oxygens (including phenoxy) is 6. The third-order valence-corrected chi connectivity index (χ3v) is 5.67. The Morgan fingerprint density at radius 1 is 1.21 bits per heavy atom. The van der Waals surface area contributed by atoms with E-state index in [9.17, 15) is 4.79 Å². The van der Waals surface area contributed by atoms with E-state index in [0.29, 0.717) is 37.7 Å². The van der Waals surface area contributed by atoms with Crippen molar-refractivity contribution in [2.75, 3.05) is 41.3 Å². The molecule has 8 nitrogen and oxygen atoms in total. The quantitative estimate of drug-likeness (QED) is 0.228. The Morgan fingerprint density at radius 2 is 1.97 bits per heavy atom. The van der Waals surface area contributed by atoms with Gasteiger partial charge in [0.15, 0.2) is 11.5 Å². The highest BCUT2D eigenvalue weighted by Crippen LogP contribution is 2.40. The normalized spacial score (nSPS) is 18.2. The maximum absolute atomic E-state index is 12.4. The van der Waals surface area contributed by atoms with E-state index in [4.69, 9.17) is 28.4 Å². The lowest BCUT2D eigenvalue weighted by Crippen LogP contribution is -2.34. The summed E-state index contributed by atoms with van der Waals surface area (Å²) >= 11 is 3.66. The monoisotopic (exact) mass is 529 g/mol. The molecule has 0 aliphatic heterocycles. The van der Waals surface area contributed by atoms with E-state index in [1.54, 1.807) is 21.3 Å². The van der Waals surface area contributed by atoms with Gasteiger partial charge in [-0.3, -0.25) is 0 Å². The Balaban J connectivity index is 2.04. The van der Waals surface area contributed by atoms with E-state index in [1.165, 1.54) is 4.90 Å². The van der Waals surface area contributed by atoms with Gasteiger partial charge in [-0.25, -0.2) is 4.79 Å². The summed E-state index contributed by atoms with van der Waals surface area (Å²) in [5.41, 5.74) is 0.323. The molecule has 0 saturated heterocycles. The van der Waals surface area contributed by atoms with E-state index in [1.807, 2.05) is 39.0 Å². The van der Waals surface area contributed by atoms with Gasteiger partial charge in [-0.2, -0.15) is 0 Å². The smallest absolute Gasteiger partial charge is 0.410 e. The molecule has 0 unspecified atom stereocenters. The highest BCUT2D eigenvalue weighted by molar-refractivity contribution is 9.10. The van der Waals surface area contributed by atoms with E-state index in [2.05, 4.69) is 22.0 Å². The molecule has 0 aromatic heterocycles. The summed E-state index contributed by atoms with van der Waals surface area (Å²) in [5, 5.41) is 0. The molecule has 1 amide bonds. The van der Waals surface area contributed by atoms with Gasteiger partial charge in [0.25, 0.3) is 0 Å². The summed E-state index contributed by atoms with van der Waals surface area (Å²) in [4.78, 5) is 13.9. The van der Waals surface area contributed by atoms with Gasteiger partial charge in [-0.15, -0.1) is 0 Å². The number of halogens is 1. The number of hydrogen-bond acceptors (Lipinski definition) is 7. The first kappa shape index (κ1) is 27.4. The van der Waals surface area contributed by atoms with Crippen molar-refractivity contribution >= 4 is 22.0 Å². The minimum Gasteiger partial charge on any atom is -0.493 e. The first-order chi connectivity index (χ1) is 15.6. The molecule has 186 valence electrons. The molecule has 1 aromatic carbocycles. The second-order valence-electron chi connectivity index (χ2n) is 8.77. The molecule has 1 aliphatic carbocycles. The predicted octanol–water partition coefficient (Wildman–Crippen LogP) is 4.93. The molecule has 1 aliphatic rings. The van der Waals surface area contributed by atoms with Gasteiger partial charge >= 0.3 is 6.09 Å². The van der Waals surface area contributed by atoms with Crippen molar-refractivity contribution in [1.29, 1.82) is 0 Å². The Labute approximate surface area is 205 Å². The van der Waals surface area contributed by atoms with Gasteiger partial charge in [-0.1, -0.05) is 18.2 Å². The SMILES string of the molecule is COCCOCO[C@H]1C=CC[C@@H](Oc2c(OC)ccc(CN(C)C(=O)OC(C)(C)C)c2Br)C1. The maximum atomic E-state index is 12.4. The molecule has 2 atom stereocenters. The fourth-order valence-corrected chi connectivity index (χ4v) is 3.72. The van der Waals surface area contributed by atoms with Crippen molar-refractivity contribution in [2.45, 2.75) is 58.0 Å². The largest absolute Gasteiger partial charge is 0.493 e. The molecule has 9 heteroatoms. The van der Waals surface area contributed by atoms with Crippen LogP contribution in [0.1, 0.15) is 39.2 Å². The molecule has 0 radical (unpaired) electrons. The van der Waals surface area contributed by atoms with Crippen molar-refractivity contribution in [2.24, 2.45) is 0 Å². The van der Waals surface area contributed by atoms with E-state index >= 15 is 0 Å². The van der Waals surface area contributed by atoms with Crippen LogP contribution in [0.2, 0.25) is 0 Å². The van der Waals surface area contributed by atoms with Crippen molar-refractivity contribution in [3.05, 3.63) is 34.3 Å². The fourth-order valence-electron chi connectivity index (χ4n) is 3.17. The lowest BCUT2D eigenvalue weighted by Gasteiger charge is -2.28. The summed E-state index contributed by atoms with van der Waals surface area (Å²) in [6.07, 6.45) is 4.93. The van der Waals surface area contributed by atoms with Crippen molar-refractivity contribution in [1.82, 2.24) is 4.90 Å². The number of carbonyl (C=O) groups is 1. The topological polar surface area (TPSA) is 75.7 Å². The Kier molecular flexibility index (Phi) is 11.0. The van der Waals surface area contributed by atoms with Crippen LogP contribution in [0.15, 0.2) is 28.8 Å². The first-order valence-electron chi connectivity index (χ1n) is 11.0. The second kappa shape index (κ2) is 13.2. The molecular weight excluding hydrogens is 494 g/mol. The van der Waals surface area contributed by atoms with E-state index in [0.717, 1.165) is 16.5 Å². The third kappa shape index (κ3) is 9.16. The molecule has 0 N–H and O–H groups in total. The molecule has 0 fully saturated rings. The average Bonchev–Trinajstić information content (AvgIpc) is 2.75. The summed E-state index contributed by atoms with van der Waals surface area (Å²) in [5.74, 6) is 1.21. The molecule has 2 rings (SSSR count). The van der Waals surface area contributed by atoms with Crippen molar-refractivity contribution < 1.29 is 33.2 Å². The Hall–Kier alpha value is -1.81. The van der Waals surface area contributed by atoms with Crippen LogP contribution in [-0.2, 0) is 25.5 Å². The van der Waals surface area contributed by atoms with Crippen molar-refractivity contribution in [3.63, 3.8) is 0 Å². The first-order valence-corrected chi connectivity index (χ1v) is 11.7. The summed E-state index contributed by atoms with van der Waals surface area (Å²) in [6, 6.07) is 3.75. The number of carbonyl (C=O) groups excluding carboxylic acids is 1. The molecule has 0 bridgehead atoms. The van der Waals surface area contributed by atoms with Gasteiger partial charge in [0.2, 0.25) is 0 Å². The van der Waals surface area contributed by atoms with Gasteiger partial charge in [0.1, 0.15) is 18.5 Å². The van der Waals surface area contributed by atoms with E-state index < -0.39 is 11.7 Å². The molecule has 1 aromatic rings. The van der Waals surface area contributed by atoms with E-state index in [-0.39, 0.29) is 19.0 Å². The number of amides is 1. The van der Waals surface area contributed by atoms with Crippen LogP contribution in [0.3, 0.4) is 0 Å². The summed E-state index contributed by atoms with van der Waals surface area (Å²) in [7, 11) is 4.94. The molecular formula is C24H36BrNO7. The molecule has 0 saturated carbocycles. The predicted molar refractivity (Wildman–Crippen MR) is 129 cm³/mol. The minimum atomic E-state index is -0.557. The summed E-state index contributed by atoms with van der Waals surface area (Å²) < 4.78 is 34.2. The zero-order valence-corrected chi connectivity index (χ0v) is 22.0. The number of hydrogen-bond donors (Lipinski definition) is 0. The highest BCUT2D eigenvalue weighted by atomic mass is 79.9. The number of benzene rings is 1. The van der Waals surface area contributed by atoms with Crippen LogP contribution in [0.4, 0.5) is 4.79 Å². The number of methoxy groups -OCH3 is 2. The Bertz CT molecular complexity index is 794. The van der Waals surface area contributed by atoms with Crippen molar-refractivity contribution in [3.8, 4) is 11.5 Å².